The summed E-state index contributed by atoms with van der Waals surface area (Å²) in [7, 11) is 0. The number of thiophene rings is 1. The molecule has 2 aromatic rings. The molecule has 1 atom stereocenters. The van der Waals surface area contributed by atoms with E-state index < -0.39 is 6.10 Å². The molecule has 102 valence electrons. The van der Waals surface area contributed by atoms with Gasteiger partial charge in [0.25, 0.3) is 0 Å². The van der Waals surface area contributed by atoms with Gasteiger partial charge in [-0.05, 0) is 49.9 Å². The van der Waals surface area contributed by atoms with E-state index in [9.17, 15) is 5.11 Å². The molecule has 0 aliphatic rings. The highest BCUT2D eigenvalue weighted by molar-refractivity contribution is 7.09. The first-order chi connectivity index (χ1) is 9.08. The van der Waals surface area contributed by atoms with E-state index in [2.05, 4.69) is 41.2 Å². The number of aromatic nitrogens is 1. The zero-order valence-electron chi connectivity index (χ0n) is 11.6. The molecule has 1 N–H and O–H groups in total. The van der Waals surface area contributed by atoms with Gasteiger partial charge in [0, 0.05) is 17.1 Å². The first kappa shape index (κ1) is 14.0. The molecule has 0 unspecified atom stereocenters. The average molecular weight is 276 g/mol. The van der Waals surface area contributed by atoms with Crippen molar-refractivity contribution >= 4 is 17.2 Å². The Hall–Kier alpha value is -1.39. The molecular weight excluding hydrogens is 256 g/mol. The maximum atomic E-state index is 9.68. The number of anilines is 1. The van der Waals surface area contributed by atoms with Crippen LogP contribution in [0.25, 0.3) is 0 Å². The van der Waals surface area contributed by atoms with E-state index >= 15 is 0 Å². The topological polar surface area (TPSA) is 36.4 Å². The van der Waals surface area contributed by atoms with Crippen molar-refractivity contribution in [2.75, 3.05) is 4.90 Å². The van der Waals surface area contributed by atoms with Crippen molar-refractivity contribution in [3.05, 3.63) is 46.3 Å². The van der Waals surface area contributed by atoms with Crippen LogP contribution in [0.3, 0.4) is 0 Å². The van der Waals surface area contributed by atoms with Gasteiger partial charge in [0.1, 0.15) is 5.82 Å². The third-order valence-corrected chi connectivity index (χ3v) is 3.94. The van der Waals surface area contributed by atoms with Gasteiger partial charge < -0.3 is 10.0 Å². The molecule has 2 heterocycles. The van der Waals surface area contributed by atoms with Gasteiger partial charge in [0.2, 0.25) is 0 Å². The quantitative estimate of drug-likeness (QED) is 0.906. The fourth-order valence-electron chi connectivity index (χ4n) is 1.95. The molecule has 0 spiro atoms. The Labute approximate surface area is 118 Å². The van der Waals surface area contributed by atoms with Crippen LogP contribution in [0.5, 0.6) is 0 Å². The Balaban J connectivity index is 2.26. The lowest BCUT2D eigenvalue weighted by molar-refractivity contribution is 0.199. The maximum Gasteiger partial charge on any atom is 0.129 e. The second kappa shape index (κ2) is 6.17. The largest absolute Gasteiger partial charge is 0.389 e. The third kappa shape index (κ3) is 3.55. The predicted octanol–water partition coefficient (Wildman–Crippen LogP) is 3.61. The van der Waals surface area contributed by atoms with E-state index in [0.29, 0.717) is 6.04 Å². The summed E-state index contributed by atoms with van der Waals surface area (Å²) >= 11 is 1.75. The Kier molecular flexibility index (Phi) is 4.56. The minimum atomic E-state index is -0.461. The Morgan fingerprint density at radius 2 is 2.11 bits per heavy atom. The van der Waals surface area contributed by atoms with Gasteiger partial charge in [-0.25, -0.2) is 4.98 Å². The van der Waals surface area contributed by atoms with Crippen molar-refractivity contribution in [1.82, 2.24) is 4.98 Å². The molecule has 0 aromatic carbocycles. The van der Waals surface area contributed by atoms with Crippen molar-refractivity contribution in [3.8, 4) is 0 Å². The third-order valence-electron chi connectivity index (χ3n) is 3.08. The first-order valence-corrected chi connectivity index (χ1v) is 7.39. The van der Waals surface area contributed by atoms with E-state index in [0.717, 1.165) is 17.9 Å². The summed E-state index contributed by atoms with van der Waals surface area (Å²) in [5.74, 6) is 0.918. The molecular formula is C15H20N2OS. The van der Waals surface area contributed by atoms with Crippen LogP contribution in [0, 0.1) is 0 Å². The van der Waals surface area contributed by atoms with E-state index in [4.69, 9.17) is 0 Å². The summed E-state index contributed by atoms with van der Waals surface area (Å²) in [6, 6.07) is 8.39. The average Bonchev–Trinajstić information content (AvgIpc) is 2.88. The van der Waals surface area contributed by atoms with Crippen LogP contribution in [-0.2, 0) is 6.54 Å². The molecule has 0 fully saturated rings. The summed E-state index contributed by atoms with van der Waals surface area (Å²) in [6.45, 7) is 6.94. The minimum absolute atomic E-state index is 0.360. The van der Waals surface area contributed by atoms with E-state index in [1.807, 2.05) is 12.1 Å². The van der Waals surface area contributed by atoms with E-state index in [1.54, 1.807) is 24.5 Å². The minimum Gasteiger partial charge on any atom is -0.389 e. The number of pyridine rings is 1. The van der Waals surface area contributed by atoms with E-state index in [-0.39, 0.29) is 0 Å². The lowest BCUT2D eigenvalue weighted by atomic mass is 10.1. The summed E-state index contributed by atoms with van der Waals surface area (Å²) in [5, 5.41) is 11.8. The monoisotopic (exact) mass is 276 g/mol. The summed E-state index contributed by atoms with van der Waals surface area (Å²) in [5.41, 5.74) is 0.904. The first-order valence-electron chi connectivity index (χ1n) is 6.51. The van der Waals surface area contributed by atoms with E-state index in [1.165, 1.54) is 4.88 Å². The molecule has 19 heavy (non-hydrogen) atoms. The smallest absolute Gasteiger partial charge is 0.129 e. The molecule has 2 rings (SSSR count). The SMILES string of the molecule is CC(C)N(Cc1cccs1)c1cc([C@H](C)O)ccn1. The molecule has 4 heteroatoms. The Bertz CT molecular complexity index is 509. The van der Waals surface area contributed by atoms with Crippen LogP contribution >= 0.6 is 11.3 Å². The van der Waals surface area contributed by atoms with Crippen molar-refractivity contribution in [3.63, 3.8) is 0 Å². The standard InChI is InChI=1S/C15H20N2OS/c1-11(2)17(10-14-5-4-8-19-14)15-9-13(12(3)18)6-7-16-15/h4-9,11-12,18H,10H2,1-3H3/t12-/m0/s1. The molecule has 0 aliphatic carbocycles. The van der Waals surface area contributed by atoms with Crippen LogP contribution in [0.15, 0.2) is 35.8 Å². The number of nitrogens with zero attached hydrogens (tertiary/aromatic N) is 2. The molecule has 3 nitrogen and oxygen atoms in total. The van der Waals surface area contributed by atoms with Crippen molar-refractivity contribution < 1.29 is 5.11 Å². The highest BCUT2D eigenvalue weighted by atomic mass is 32.1. The van der Waals surface area contributed by atoms with Gasteiger partial charge in [0.15, 0.2) is 0 Å². The van der Waals surface area contributed by atoms with Gasteiger partial charge in [-0.2, -0.15) is 0 Å². The molecule has 0 aliphatic heterocycles. The molecule has 0 radical (unpaired) electrons. The van der Waals surface area contributed by atoms with Gasteiger partial charge in [-0.1, -0.05) is 6.07 Å². The van der Waals surface area contributed by atoms with Crippen LogP contribution in [0.1, 0.15) is 37.3 Å². The zero-order chi connectivity index (χ0) is 13.8. The second-order valence-corrected chi connectivity index (χ2v) is 5.96. The molecule has 0 saturated heterocycles. The second-order valence-electron chi connectivity index (χ2n) is 4.92. The predicted molar refractivity (Wildman–Crippen MR) is 80.5 cm³/mol. The fourth-order valence-corrected chi connectivity index (χ4v) is 2.65. The van der Waals surface area contributed by atoms with Crippen molar-refractivity contribution in [1.29, 1.82) is 0 Å². The number of hydrogen-bond acceptors (Lipinski definition) is 4. The van der Waals surface area contributed by atoms with Gasteiger partial charge in [0.05, 0.1) is 12.6 Å². The van der Waals surface area contributed by atoms with Crippen LogP contribution in [-0.4, -0.2) is 16.1 Å². The maximum absolute atomic E-state index is 9.68. The molecule has 2 aromatic heterocycles. The van der Waals surface area contributed by atoms with Crippen LogP contribution < -0.4 is 4.90 Å². The van der Waals surface area contributed by atoms with Gasteiger partial charge in [-0.15, -0.1) is 11.3 Å². The van der Waals surface area contributed by atoms with Crippen molar-refractivity contribution in [2.45, 2.75) is 39.5 Å². The lowest BCUT2D eigenvalue weighted by Crippen LogP contribution is -2.30. The fraction of sp³-hybridized carbons (Fsp3) is 0.400. The van der Waals surface area contributed by atoms with Crippen LogP contribution in [0.4, 0.5) is 5.82 Å². The zero-order valence-corrected chi connectivity index (χ0v) is 12.4. The lowest BCUT2D eigenvalue weighted by Gasteiger charge is -2.28. The number of hydrogen-bond donors (Lipinski definition) is 1. The van der Waals surface area contributed by atoms with Gasteiger partial charge in [-0.3, -0.25) is 0 Å². The van der Waals surface area contributed by atoms with Gasteiger partial charge >= 0.3 is 0 Å². The molecule has 0 bridgehead atoms. The summed E-state index contributed by atoms with van der Waals surface area (Å²) in [4.78, 5) is 8.01. The highest BCUT2D eigenvalue weighted by Gasteiger charge is 2.14. The van der Waals surface area contributed by atoms with Crippen LogP contribution in [0.2, 0.25) is 0 Å². The molecule has 0 amide bonds. The molecule has 0 saturated carbocycles. The Morgan fingerprint density at radius 1 is 1.32 bits per heavy atom. The highest BCUT2D eigenvalue weighted by Crippen LogP contribution is 2.23. The summed E-state index contributed by atoms with van der Waals surface area (Å²) in [6.07, 6.45) is 1.30. The number of aliphatic hydroxyl groups excluding tert-OH is 1. The summed E-state index contributed by atoms with van der Waals surface area (Å²) < 4.78 is 0. The van der Waals surface area contributed by atoms with Crippen molar-refractivity contribution in [2.24, 2.45) is 0 Å². The number of aliphatic hydroxyl groups is 1. The Morgan fingerprint density at radius 3 is 2.68 bits per heavy atom. The number of rotatable bonds is 5. The normalized spacial score (nSPS) is 12.7.